The second kappa shape index (κ2) is 12.7. The number of piperazine rings is 1. The Balaban J connectivity index is 1.53. The van der Waals surface area contributed by atoms with Crippen LogP contribution in [0.5, 0.6) is 0 Å². The molecule has 3 rings (SSSR count). The standard InChI is InChI=1S/C25H30Cl2N6O6/c1-16(34)28-22-6-4-18(12-20(22)26)31(38)24(36)14-30-8-10-33(3,11-9-30)15-25(37)32(39)19-5-7-23(21(27)13-19)29-17(2)35/h4-7,12-13,38-39H,8-11,14-15H2,1-3H3,(H-,28,29,34,35)/p+1. The van der Waals surface area contributed by atoms with Crippen LogP contribution in [0.2, 0.25) is 10.0 Å². The molecule has 0 aromatic heterocycles. The van der Waals surface area contributed by atoms with Crippen molar-refractivity contribution in [3.63, 3.8) is 0 Å². The molecule has 0 bridgehead atoms. The fraction of sp³-hybridized carbons (Fsp3) is 0.360. The van der Waals surface area contributed by atoms with E-state index in [0.29, 0.717) is 52.2 Å². The third kappa shape index (κ3) is 8.12. The smallest absolute Gasteiger partial charge is 0.305 e. The number of halogens is 2. The number of likely N-dealkylation sites (N-methyl/N-ethyl adjacent to an activating group) is 1. The molecule has 0 atom stereocenters. The predicted molar refractivity (Wildman–Crippen MR) is 147 cm³/mol. The van der Waals surface area contributed by atoms with Gasteiger partial charge in [0.25, 0.3) is 5.91 Å². The van der Waals surface area contributed by atoms with Crippen LogP contribution in [0, 0.1) is 0 Å². The van der Waals surface area contributed by atoms with Crippen molar-refractivity contribution >= 4 is 69.6 Å². The van der Waals surface area contributed by atoms with Gasteiger partial charge in [0, 0.05) is 26.9 Å². The van der Waals surface area contributed by atoms with E-state index in [-0.39, 0.29) is 46.3 Å². The number of benzene rings is 2. The summed E-state index contributed by atoms with van der Waals surface area (Å²) >= 11 is 12.3. The summed E-state index contributed by atoms with van der Waals surface area (Å²) in [4.78, 5) is 49.8. The summed E-state index contributed by atoms with van der Waals surface area (Å²) < 4.78 is 0.335. The maximum Gasteiger partial charge on any atom is 0.305 e. The number of hydroxylamine groups is 2. The lowest BCUT2D eigenvalue weighted by Gasteiger charge is -2.41. The van der Waals surface area contributed by atoms with Gasteiger partial charge in [0.2, 0.25) is 11.8 Å². The number of carbonyl (C=O) groups is 4. The molecule has 1 heterocycles. The van der Waals surface area contributed by atoms with Gasteiger partial charge in [-0.3, -0.25) is 34.5 Å². The van der Waals surface area contributed by atoms with Gasteiger partial charge in [0.05, 0.1) is 59.5 Å². The molecule has 2 aromatic carbocycles. The number of anilines is 4. The largest absolute Gasteiger partial charge is 0.325 e. The molecule has 12 nitrogen and oxygen atoms in total. The fourth-order valence-corrected chi connectivity index (χ4v) is 4.54. The SMILES string of the molecule is CC(=O)Nc1ccc(N(O)C(=O)CN2CC[N+](C)(CC(=O)N(O)c3ccc(NC(C)=O)c(Cl)c3)CC2)cc1Cl. The van der Waals surface area contributed by atoms with Crippen LogP contribution >= 0.6 is 23.2 Å². The van der Waals surface area contributed by atoms with Crippen molar-refractivity contribution in [1.82, 2.24) is 4.90 Å². The highest BCUT2D eigenvalue weighted by Crippen LogP contribution is 2.28. The summed E-state index contributed by atoms with van der Waals surface area (Å²) in [5, 5.41) is 27.4. The summed E-state index contributed by atoms with van der Waals surface area (Å²) in [5.41, 5.74) is 1.06. The molecule has 1 fully saturated rings. The Hall–Kier alpha value is -3.26. The molecule has 0 aliphatic carbocycles. The lowest BCUT2D eigenvalue weighted by Crippen LogP contribution is -2.61. The van der Waals surface area contributed by atoms with Crippen LogP contribution in [0.1, 0.15) is 13.8 Å². The van der Waals surface area contributed by atoms with E-state index in [2.05, 4.69) is 10.6 Å². The van der Waals surface area contributed by atoms with Gasteiger partial charge in [-0.2, -0.15) is 10.1 Å². The maximum absolute atomic E-state index is 12.8. The average molecular weight is 582 g/mol. The molecule has 4 N–H and O–H groups in total. The zero-order valence-electron chi connectivity index (χ0n) is 21.8. The molecule has 0 unspecified atom stereocenters. The van der Waals surface area contributed by atoms with Crippen LogP contribution in [-0.2, 0) is 19.2 Å². The lowest BCUT2D eigenvalue weighted by atomic mass is 10.2. The number of hydrogen-bond acceptors (Lipinski definition) is 7. The van der Waals surface area contributed by atoms with Crippen molar-refractivity contribution in [2.45, 2.75) is 13.8 Å². The Morgan fingerprint density at radius 2 is 1.28 bits per heavy atom. The van der Waals surface area contributed by atoms with Gasteiger partial charge in [-0.15, -0.1) is 0 Å². The molecule has 4 amide bonds. The van der Waals surface area contributed by atoms with Crippen LogP contribution in [0.3, 0.4) is 0 Å². The van der Waals surface area contributed by atoms with Crippen molar-refractivity contribution in [3.8, 4) is 0 Å². The van der Waals surface area contributed by atoms with Crippen molar-refractivity contribution in [3.05, 3.63) is 46.4 Å². The number of rotatable bonds is 8. The number of nitrogens with zero attached hydrogens (tertiary/aromatic N) is 4. The Morgan fingerprint density at radius 3 is 1.69 bits per heavy atom. The first-order valence-electron chi connectivity index (χ1n) is 12.0. The van der Waals surface area contributed by atoms with Crippen molar-refractivity contribution in [2.75, 3.05) is 67.1 Å². The third-order valence-electron chi connectivity index (χ3n) is 6.28. The topological polar surface area (TPSA) is 143 Å². The third-order valence-corrected chi connectivity index (χ3v) is 6.90. The fourth-order valence-electron chi connectivity index (χ4n) is 4.10. The van der Waals surface area contributed by atoms with E-state index in [4.69, 9.17) is 23.2 Å². The first kappa shape index (κ1) is 30.3. The highest BCUT2D eigenvalue weighted by atomic mass is 35.5. The summed E-state index contributed by atoms with van der Waals surface area (Å²) in [6.07, 6.45) is 0. The Kier molecular flexibility index (Phi) is 9.88. The number of carbonyl (C=O) groups excluding carboxylic acids is 4. The van der Waals surface area contributed by atoms with E-state index in [1.165, 1.54) is 50.2 Å². The first-order valence-corrected chi connectivity index (χ1v) is 12.8. The summed E-state index contributed by atoms with van der Waals surface area (Å²) in [6, 6.07) is 8.69. The van der Waals surface area contributed by atoms with Gasteiger partial charge < -0.3 is 15.1 Å². The van der Waals surface area contributed by atoms with Gasteiger partial charge in [-0.1, -0.05) is 23.2 Å². The highest BCUT2D eigenvalue weighted by molar-refractivity contribution is 6.34. The maximum atomic E-state index is 12.8. The minimum Gasteiger partial charge on any atom is -0.325 e. The van der Waals surface area contributed by atoms with E-state index in [1.807, 2.05) is 11.9 Å². The van der Waals surface area contributed by atoms with Crippen LogP contribution in [0.4, 0.5) is 22.7 Å². The Bertz CT molecular complexity index is 1270. The summed E-state index contributed by atoms with van der Waals surface area (Å²) in [7, 11) is 1.88. The number of hydrogen-bond donors (Lipinski definition) is 4. The molecule has 0 radical (unpaired) electrons. The molecule has 1 aliphatic heterocycles. The predicted octanol–water partition coefficient (Wildman–Crippen LogP) is 2.82. The molecular formula is C25H31Cl2N6O6+. The number of nitrogens with one attached hydrogen (secondary N) is 2. The summed E-state index contributed by atoms with van der Waals surface area (Å²) in [6.45, 7) is 4.65. The van der Waals surface area contributed by atoms with Gasteiger partial charge in [0.15, 0.2) is 6.54 Å². The second-order valence-corrected chi connectivity index (χ2v) is 10.4. The van der Waals surface area contributed by atoms with Gasteiger partial charge in [-0.25, -0.2) is 0 Å². The molecule has 1 aliphatic rings. The average Bonchev–Trinajstić information content (AvgIpc) is 2.86. The molecule has 0 spiro atoms. The molecular weight excluding hydrogens is 551 g/mol. The van der Waals surface area contributed by atoms with Crippen LogP contribution < -0.4 is 20.8 Å². The lowest BCUT2D eigenvalue weighted by molar-refractivity contribution is -0.906. The van der Waals surface area contributed by atoms with Gasteiger partial charge in [0.1, 0.15) is 0 Å². The van der Waals surface area contributed by atoms with E-state index in [0.717, 1.165) is 0 Å². The van der Waals surface area contributed by atoms with E-state index in [1.54, 1.807) is 0 Å². The highest BCUT2D eigenvalue weighted by Gasteiger charge is 2.34. The monoisotopic (exact) mass is 581 g/mol. The molecule has 2 aromatic rings. The molecule has 1 saturated heterocycles. The van der Waals surface area contributed by atoms with Gasteiger partial charge >= 0.3 is 5.91 Å². The van der Waals surface area contributed by atoms with Crippen LogP contribution in [0.25, 0.3) is 0 Å². The minimum absolute atomic E-state index is 0.00856. The normalized spacial score (nSPS) is 14.8. The molecule has 39 heavy (non-hydrogen) atoms. The Labute approximate surface area is 235 Å². The van der Waals surface area contributed by atoms with E-state index in [9.17, 15) is 29.6 Å². The zero-order chi connectivity index (χ0) is 28.9. The molecule has 0 saturated carbocycles. The molecule has 14 heteroatoms. The van der Waals surface area contributed by atoms with Crippen LogP contribution in [0.15, 0.2) is 36.4 Å². The first-order chi connectivity index (χ1) is 18.3. The second-order valence-electron chi connectivity index (χ2n) is 9.60. The van der Waals surface area contributed by atoms with Gasteiger partial charge in [-0.05, 0) is 36.4 Å². The molecule has 210 valence electrons. The summed E-state index contributed by atoms with van der Waals surface area (Å²) in [5.74, 6) is -1.70. The van der Waals surface area contributed by atoms with Crippen molar-refractivity contribution in [2.24, 2.45) is 0 Å². The van der Waals surface area contributed by atoms with E-state index >= 15 is 0 Å². The quantitative estimate of drug-likeness (QED) is 0.213. The Morgan fingerprint density at radius 1 is 0.846 bits per heavy atom. The number of amides is 4. The van der Waals surface area contributed by atoms with Crippen molar-refractivity contribution < 1.29 is 34.1 Å². The number of quaternary nitrogens is 1. The zero-order valence-corrected chi connectivity index (χ0v) is 23.3. The van der Waals surface area contributed by atoms with Crippen LogP contribution in [-0.4, -0.2) is 89.7 Å². The van der Waals surface area contributed by atoms with E-state index < -0.39 is 11.8 Å². The minimum atomic E-state index is -0.563. The van der Waals surface area contributed by atoms with Crippen molar-refractivity contribution in [1.29, 1.82) is 0 Å².